The second kappa shape index (κ2) is 17.5. The molecule has 0 aliphatic heterocycles. The largest absolute Gasteiger partial charge is 0.393 e. The number of aliphatic hydroxyl groups excluding tert-OH is 3. The van der Waals surface area contributed by atoms with Crippen LogP contribution < -0.4 is 0 Å². The van der Waals surface area contributed by atoms with Crippen molar-refractivity contribution < 1.29 is 20.4 Å². The van der Waals surface area contributed by atoms with Crippen molar-refractivity contribution in [1.82, 2.24) is 0 Å². The van der Waals surface area contributed by atoms with Gasteiger partial charge in [0.15, 0.2) is 0 Å². The predicted octanol–water partition coefficient (Wildman–Crippen LogP) is 5.65. The van der Waals surface area contributed by atoms with Crippen molar-refractivity contribution >= 4 is 0 Å². The number of rotatable bonds is 10. The summed E-state index contributed by atoms with van der Waals surface area (Å²) in [6, 6.07) is 0. The van der Waals surface area contributed by atoms with Gasteiger partial charge < -0.3 is 20.4 Å². The molecule has 4 N–H and O–H groups in total. The number of aliphatic hydroxyl groups is 4. The van der Waals surface area contributed by atoms with Gasteiger partial charge in [-0.25, -0.2) is 0 Å². The van der Waals surface area contributed by atoms with E-state index in [9.17, 15) is 20.4 Å². The van der Waals surface area contributed by atoms with Gasteiger partial charge in [-0.1, -0.05) is 69.2 Å². The molecule has 0 aromatic rings. The van der Waals surface area contributed by atoms with Crippen molar-refractivity contribution in [3.63, 3.8) is 0 Å². The summed E-state index contributed by atoms with van der Waals surface area (Å²) in [5.41, 5.74) is -0.478. The van der Waals surface area contributed by atoms with Crippen molar-refractivity contribution in [3.8, 4) is 0 Å². The molecule has 0 amide bonds. The highest BCUT2D eigenvalue weighted by molar-refractivity contribution is 4.71. The van der Waals surface area contributed by atoms with Gasteiger partial charge in [0.25, 0.3) is 0 Å². The van der Waals surface area contributed by atoms with E-state index >= 15 is 0 Å². The topological polar surface area (TPSA) is 80.9 Å². The van der Waals surface area contributed by atoms with Crippen LogP contribution in [0.5, 0.6) is 0 Å². The highest BCUT2D eigenvalue weighted by atomic mass is 16.3. The molecule has 3 atom stereocenters. The molecule has 0 radical (unpaired) electrons. The van der Waals surface area contributed by atoms with E-state index in [2.05, 4.69) is 41.5 Å². The fourth-order valence-corrected chi connectivity index (χ4v) is 2.90. The molecule has 4 nitrogen and oxygen atoms in total. The van der Waals surface area contributed by atoms with Crippen LogP contribution in [0.2, 0.25) is 0 Å². The fourth-order valence-electron chi connectivity index (χ4n) is 2.90. The molecule has 0 heterocycles. The molecule has 0 aliphatic carbocycles. The van der Waals surface area contributed by atoms with Gasteiger partial charge in [-0.2, -0.15) is 0 Å². The maximum absolute atomic E-state index is 9.41. The number of hydrogen-bond donors (Lipinski definition) is 4. The molecular formula is C25H56O4. The van der Waals surface area contributed by atoms with Crippen LogP contribution in [-0.2, 0) is 0 Å². The van der Waals surface area contributed by atoms with E-state index < -0.39 is 17.8 Å². The van der Waals surface area contributed by atoms with Gasteiger partial charge in [0.05, 0.1) is 23.9 Å². The Kier molecular flexibility index (Phi) is 20.2. The van der Waals surface area contributed by atoms with Gasteiger partial charge in [0.1, 0.15) is 0 Å². The summed E-state index contributed by atoms with van der Waals surface area (Å²) in [4.78, 5) is 0. The molecule has 0 saturated heterocycles. The van der Waals surface area contributed by atoms with E-state index in [1.165, 1.54) is 0 Å². The van der Waals surface area contributed by atoms with E-state index in [0.29, 0.717) is 30.1 Å². The molecule has 0 fully saturated rings. The molecule has 180 valence electrons. The van der Waals surface area contributed by atoms with Crippen LogP contribution in [0.25, 0.3) is 0 Å². The normalized spacial score (nSPS) is 15.2. The lowest BCUT2D eigenvalue weighted by Crippen LogP contribution is -2.31. The zero-order valence-corrected chi connectivity index (χ0v) is 21.7. The van der Waals surface area contributed by atoms with Crippen LogP contribution in [0.1, 0.15) is 109 Å². The smallest absolute Gasteiger partial charge is 0.0822 e. The molecule has 0 aromatic carbocycles. The summed E-state index contributed by atoms with van der Waals surface area (Å²) in [5.74, 6) is 2.31. The Labute approximate surface area is 183 Å². The lowest BCUT2D eigenvalue weighted by Gasteiger charge is -2.22. The SMILES string of the molecule is CC(C)CC(C)(C)O.CC(C)CC(O)C(O)C(C)C.CC(C)CCC(O)C(C)C. The summed E-state index contributed by atoms with van der Waals surface area (Å²) in [6.45, 7) is 24.3. The van der Waals surface area contributed by atoms with E-state index in [1.54, 1.807) is 0 Å². The van der Waals surface area contributed by atoms with Gasteiger partial charge in [-0.15, -0.1) is 0 Å². The highest BCUT2D eigenvalue weighted by Crippen LogP contribution is 2.14. The molecule has 0 aliphatic rings. The Morgan fingerprint density at radius 1 is 0.586 bits per heavy atom. The third-order valence-electron chi connectivity index (χ3n) is 4.51. The summed E-state index contributed by atoms with van der Waals surface area (Å²) >= 11 is 0. The van der Waals surface area contributed by atoms with Crippen molar-refractivity contribution in [3.05, 3.63) is 0 Å². The zero-order chi connectivity index (χ0) is 23.9. The van der Waals surface area contributed by atoms with Gasteiger partial charge in [-0.3, -0.25) is 0 Å². The predicted molar refractivity (Wildman–Crippen MR) is 127 cm³/mol. The van der Waals surface area contributed by atoms with E-state index in [4.69, 9.17) is 0 Å². The molecule has 0 saturated carbocycles. The Morgan fingerprint density at radius 2 is 1.03 bits per heavy atom. The van der Waals surface area contributed by atoms with E-state index in [-0.39, 0.29) is 12.0 Å². The Morgan fingerprint density at radius 3 is 1.24 bits per heavy atom. The molecule has 0 rings (SSSR count). The first-order valence-electron chi connectivity index (χ1n) is 11.7. The third kappa shape index (κ3) is 27.8. The monoisotopic (exact) mass is 420 g/mol. The number of hydrogen-bond acceptors (Lipinski definition) is 4. The molecule has 0 bridgehead atoms. The first kappa shape index (κ1) is 33.5. The minimum atomic E-state index is -0.572. The van der Waals surface area contributed by atoms with Gasteiger partial charge in [0, 0.05) is 0 Å². The molecule has 0 spiro atoms. The van der Waals surface area contributed by atoms with Gasteiger partial charge in [0.2, 0.25) is 0 Å². The molecule has 0 aromatic heterocycles. The molecular weight excluding hydrogens is 364 g/mol. The van der Waals surface area contributed by atoms with Crippen molar-refractivity contribution in [2.75, 3.05) is 0 Å². The summed E-state index contributed by atoms with van der Waals surface area (Å²) in [6.07, 6.45) is 2.43. The molecule has 29 heavy (non-hydrogen) atoms. The van der Waals surface area contributed by atoms with Crippen molar-refractivity contribution in [1.29, 1.82) is 0 Å². The Balaban J connectivity index is -0.000000354. The summed E-state index contributed by atoms with van der Waals surface area (Å²) < 4.78 is 0. The van der Waals surface area contributed by atoms with E-state index in [1.807, 2.05) is 41.5 Å². The van der Waals surface area contributed by atoms with Crippen LogP contribution in [0.15, 0.2) is 0 Å². The lowest BCUT2D eigenvalue weighted by molar-refractivity contribution is -0.0180. The van der Waals surface area contributed by atoms with Crippen molar-refractivity contribution in [2.24, 2.45) is 29.6 Å². The second-order valence-corrected chi connectivity index (χ2v) is 11.1. The zero-order valence-electron chi connectivity index (χ0n) is 21.7. The summed E-state index contributed by atoms with van der Waals surface area (Å²) in [5, 5.41) is 37.4. The summed E-state index contributed by atoms with van der Waals surface area (Å²) in [7, 11) is 0. The first-order chi connectivity index (χ1) is 12.9. The highest BCUT2D eigenvalue weighted by Gasteiger charge is 2.20. The maximum Gasteiger partial charge on any atom is 0.0822 e. The standard InChI is InChI=1S/C9H20O2.C9H20O.C7H16O/c1-6(2)5-8(10)9(11)7(3)4;1-7(2)5-6-9(10)8(3)4;1-6(2)5-7(3,4)8/h6-11H,5H2,1-4H3;7-10H,5-6H2,1-4H3;6,8H,5H2,1-4H3. The fraction of sp³-hybridized carbons (Fsp3) is 1.00. The van der Waals surface area contributed by atoms with Crippen LogP contribution in [0, 0.1) is 29.6 Å². The van der Waals surface area contributed by atoms with E-state index in [0.717, 1.165) is 19.3 Å². The quantitative estimate of drug-likeness (QED) is 0.368. The van der Waals surface area contributed by atoms with Crippen molar-refractivity contribution in [2.45, 2.75) is 133 Å². The first-order valence-corrected chi connectivity index (χ1v) is 11.7. The van der Waals surface area contributed by atoms with Gasteiger partial charge in [-0.05, 0) is 69.1 Å². The second-order valence-electron chi connectivity index (χ2n) is 11.1. The van der Waals surface area contributed by atoms with Crippen LogP contribution in [-0.4, -0.2) is 44.3 Å². The Bertz CT molecular complexity index is 343. The average molecular weight is 421 g/mol. The molecule has 3 unspecified atom stereocenters. The lowest BCUT2D eigenvalue weighted by atomic mass is 9.95. The Hall–Kier alpha value is -0.160. The van der Waals surface area contributed by atoms with Crippen LogP contribution in [0.4, 0.5) is 0 Å². The average Bonchev–Trinajstić information content (AvgIpc) is 2.49. The van der Waals surface area contributed by atoms with Crippen LogP contribution in [0.3, 0.4) is 0 Å². The minimum Gasteiger partial charge on any atom is -0.393 e. The van der Waals surface area contributed by atoms with Gasteiger partial charge >= 0.3 is 0 Å². The minimum absolute atomic E-state index is 0.0950. The van der Waals surface area contributed by atoms with Crippen LogP contribution >= 0.6 is 0 Å². The molecule has 4 heteroatoms. The maximum atomic E-state index is 9.41. The third-order valence-corrected chi connectivity index (χ3v) is 4.51.